The van der Waals surface area contributed by atoms with E-state index in [2.05, 4.69) is 22.9 Å². The number of aromatic nitrogens is 1. The monoisotopic (exact) mass is 281 g/mol. The summed E-state index contributed by atoms with van der Waals surface area (Å²) in [7, 11) is 0. The molecule has 1 saturated heterocycles. The lowest BCUT2D eigenvalue weighted by Gasteiger charge is -2.30. The third-order valence-electron chi connectivity index (χ3n) is 4.03. The van der Waals surface area contributed by atoms with Gasteiger partial charge in [0.2, 0.25) is 17.5 Å². The van der Waals surface area contributed by atoms with Crippen LogP contribution in [0.4, 0.5) is 5.88 Å². The van der Waals surface area contributed by atoms with Crippen LogP contribution in [-0.2, 0) is 0 Å². The summed E-state index contributed by atoms with van der Waals surface area (Å²) in [6, 6.07) is 10.1. The van der Waals surface area contributed by atoms with Crippen molar-refractivity contribution < 1.29 is 4.42 Å². The first-order valence-electron chi connectivity index (χ1n) is 7.41. The zero-order chi connectivity index (χ0) is 14.8. The Bertz CT molecular complexity index is 684. The van der Waals surface area contributed by atoms with E-state index in [-0.39, 0.29) is 0 Å². The van der Waals surface area contributed by atoms with Gasteiger partial charge in [0.25, 0.3) is 0 Å². The van der Waals surface area contributed by atoms with Crippen LogP contribution in [0.25, 0.3) is 11.5 Å². The second kappa shape index (κ2) is 5.61. The third-order valence-corrected chi connectivity index (χ3v) is 4.03. The molecule has 1 aliphatic rings. The van der Waals surface area contributed by atoms with Gasteiger partial charge < -0.3 is 9.32 Å². The molecule has 4 heteroatoms. The van der Waals surface area contributed by atoms with Crippen molar-refractivity contribution in [1.29, 1.82) is 5.26 Å². The number of nitriles is 1. The van der Waals surface area contributed by atoms with Crippen molar-refractivity contribution in [2.45, 2.75) is 26.7 Å². The number of piperidine rings is 1. The maximum absolute atomic E-state index is 9.35. The zero-order valence-corrected chi connectivity index (χ0v) is 12.5. The number of rotatable bonds is 2. The molecule has 0 spiro atoms. The molecule has 2 aromatic rings. The van der Waals surface area contributed by atoms with Gasteiger partial charge >= 0.3 is 0 Å². The Morgan fingerprint density at radius 3 is 2.90 bits per heavy atom. The van der Waals surface area contributed by atoms with E-state index in [4.69, 9.17) is 4.42 Å². The van der Waals surface area contributed by atoms with Crippen LogP contribution in [0, 0.1) is 24.2 Å². The lowest BCUT2D eigenvalue weighted by atomic mass is 10.0. The number of oxazole rings is 1. The van der Waals surface area contributed by atoms with Gasteiger partial charge in [-0.05, 0) is 37.3 Å². The van der Waals surface area contributed by atoms with Crippen molar-refractivity contribution in [2.75, 3.05) is 18.0 Å². The van der Waals surface area contributed by atoms with Crippen LogP contribution >= 0.6 is 0 Å². The molecule has 2 heterocycles. The molecule has 4 nitrogen and oxygen atoms in total. The van der Waals surface area contributed by atoms with Crippen LogP contribution in [0.3, 0.4) is 0 Å². The van der Waals surface area contributed by atoms with Crippen LogP contribution in [0.2, 0.25) is 0 Å². The molecule has 0 saturated carbocycles. The maximum Gasteiger partial charge on any atom is 0.235 e. The first kappa shape index (κ1) is 13.7. The number of benzene rings is 1. The van der Waals surface area contributed by atoms with E-state index in [1.54, 1.807) is 0 Å². The molecule has 0 bridgehead atoms. The van der Waals surface area contributed by atoms with E-state index in [0.717, 1.165) is 30.6 Å². The molecule has 108 valence electrons. The topological polar surface area (TPSA) is 53.1 Å². The quantitative estimate of drug-likeness (QED) is 0.841. The first-order valence-corrected chi connectivity index (χ1v) is 7.41. The molecule has 21 heavy (non-hydrogen) atoms. The van der Waals surface area contributed by atoms with Crippen molar-refractivity contribution >= 4 is 5.88 Å². The Morgan fingerprint density at radius 1 is 1.38 bits per heavy atom. The number of anilines is 1. The normalized spacial score (nSPS) is 18.5. The lowest BCUT2D eigenvalue weighted by Crippen LogP contribution is -2.34. The van der Waals surface area contributed by atoms with Crippen LogP contribution < -0.4 is 4.90 Å². The standard InChI is InChI=1S/C17H19N3O/c1-12-6-5-9-20(11-12)17-15(10-18)19-16(21-17)14-8-4-3-7-13(14)2/h3-4,7-8,12H,5-6,9,11H2,1-2H3. The summed E-state index contributed by atoms with van der Waals surface area (Å²) < 4.78 is 5.95. The van der Waals surface area contributed by atoms with Crippen LogP contribution in [0.1, 0.15) is 31.0 Å². The van der Waals surface area contributed by atoms with Crippen molar-refractivity contribution in [2.24, 2.45) is 5.92 Å². The molecular formula is C17H19N3O. The number of aryl methyl sites for hydroxylation is 1. The minimum atomic E-state index is 0.391. The summed E-state index contributed by atoms with van der Waals surface area (Å²) in [6.07, 6.45) is 2.36. The highest BCUT2D eigenvalue weighted by atomic mass is 16.4. The van der Waals surface area contributed by atoms with Gasteiger partial charge in [-0.1, -0.05) is 25.1 Å². The van der Waals surface area contributed by atoms with Gasteiger partial charge in [0.05, 0.1) is 0 Å². The van der Waals surface area contributed by atoms with Crippen LogP contribution in [-0.4, -0.2) is 18.1 Å². The third kappa shape index (κ3) is 2.64. The molecule has 0 aliphatic carbocycles. The fraction of sp³-hybridized carbons (Fsp3) is 0.412. The van der Waals surface area contributed by atoms with Crippen molar-refractivity contribution in [3.05, 3.63) is 35.5 Å². The van der Waals surface area contributed by atoms with Crippen LogP contribution in [0.5, 0.6) is 0 Å². The van der Waals surface area contributed by atoms with E-state index in [9.17, 15) is 5.26 Å². The first-order chi connectivity index (χ1) is 10.2. The highest BCUT2D eigenvalue weighted by Gasteiger charge is 2.24. The smallest absolute Gasteiger partial charge is 0.235 e. The predicted molar refractivity (Wildman–Crippen MR) is 82.0 cm³/mol. The molecule has 0 amide bonds. The van der Waals surface area contributed by atoms with E-state index in [0.29, 0.717) is 23.4 Å². The Kier molecular flexibility index (Phi) is 3.66. The van der Waals surface area contributed by atoms with Crippen molar-refractivity contribution in [1.82, 2.24) is 4.98 Å². The van der Waals surface area contributed by atoms with Gasteiger partial charge in [-0.25, -0.2) is 0 Å². The lowest BCUT2D eigenvalue weighted by molar-refractivity contribution is 0.422. The van der Waals surface area contributed by atoms with E-state index < -0.39 is 0 Å². The Labute approximate surface area is 125 Å². The van der Waals surface area contributed by atoms with Gasteiger partial charge in [0, 0.05) is 18.7 Å². The largest absolute Gasteiger partial charge is 0.419 e. The summed E-state index contributed by atoms with van der Waals surface area (Å²) in [5, 5.41) is 9.35. The fourth-order valence-electron chi connectivity index (χ4n) is 2.90. The molecular weight excluding hydrogens is 262 g/mol. The zero-order valence-electron chi connectivity index (χ0n) is 12.5. The average Bonchev–Trinajstić information content (AvgIpc) is 2.92. The Hall–Kier alpha value is -2.28. The Morgan fingerprint density at radius 2 is 2.19 bits per heavy atom. The van der Waals surface area contributed by atoms with E-state index in [1.165, 1.54) is 6.42 Å². The summed E-state index contributed by atoms with van der Waals surface area (Å²) in [4.78, 5) is 6.54. The highest BCUT2D eigenvalue weighted by Crippen LogP contribution is 2.32. The molecule has 1 aromatic carbocycles. The average molecular weight is 281 g/mol. The molecule has 0 N–H and O–H groups in total. The number of hydrogen-bond donors (Lipinski definition) is 0. The van der Waals surface area contributed by atoms with E-state index >= 15 is 0 Å². The fourth-order valence-corrected chi connectivity index (χ4v) is 2.90. The molecule has 1 aliphatic heterocycles. The number of nitrogens with zero attached hydrogens (tertiary/aromatic N) is 3. The molecule has 3 rings (SSSR count). The van der Waals surface area contributed by atoms with Gasteiger partial charge in [0.15, 0.2) is 0 Å². The van der Waals surface area contributed by atoms with Crippen molar-refractivity contribution in [3.8, 4) is 17.5 Å². The summed E-state index contributed by atoms with van der Waals surface area (Å²) >= 11 is 0. The minimum Gasteiger partial charge on any atom is -0.419 e. The molecule has 0 radical (unpaired) electrons. The second-order valence-corrected chi connectivity index (χ2v) is 5.79. The Balaban J connectivity index is 1.99. The van der Waals surface area contributed by atoms with Gasteiger partial charge in [-0.2, -0.15) is 10.2 Å². The molecule has 1 atom stereocenters. The summed E-state index contributed by atoms with van der Waals surface area (Å²) in [6.45, 7) is 6.11. The van der Waals surface area contributed by atoms with Crippen LogP contribution in [0.15, 0.2) is 28.7 Å². The summed E-state index contributed by atoms with van der Waals surface area (Å²) in [5.41, 5.74) is 2.44. The molecule has 1 unspecified atom stereocenters. The second-order valence-electron chi connectivity index (χ2n) is 5.79. The molecule has 1 aromatic heterocycles. The van der Waals surface area contributed by atoms with E-state index in [1.807, 2.05) is 31.2 Å². The number of hydrogen-bond acceptors (Lipinski definition) is 4. The maximum atomic E-state index is 9.35. The van der Waals surface area contributed by atoms with Gasteiger partial charge in [-0.3, -0.25) is 0 Å². The molecule has 1 fully saturated rings. The summed E-state index contributed by atoms with van der Waals surface area (Å²) in [5.74, 6) is 1.79. The van der Waals surface area contributed by atoms with Gasteiger partial charge in [0.1, 0.15) is 6.07 Å². The highest BCUT2D eigenvalue weighted by molar-refractivity contribution is 5.62. The van der Waals surface area contributed by atoms with Gasteiger partial charge in [-0.15, -0.1) is 0 Å². The minimum absolute atomic E-state index is 0.391. The predicted octanol–water partition coefficient (Wildman–Crippen LogP) is 3.76. The van der Waals surface area contributed by atoms with Crippen molar-refractivity contribution in [3.63, 3.8) is 0 Å². The SMILES string of the molecule is Cc1ccccc1-c1nc(C#N)c(N2CCCC(C)C2)o1.